The molecular weight excluding hydrogens is 378 g/mol. The summed E-state index contributed by atoms with van der Waals surface area (Å²) < 4.78 is 1.59. The Bertz CT molecular complexity index is 1170. The van der Waals surface area contributed by atoms with E-state index in [1.165, 1.54) is 12.8 Å². The molecule has 0 radical (unpaired) electrons. The van der Waals surface area contributed by atoms with Gasteiger partial charge in [0.1, 0.15) is 10.9 Å². The summed E-state index contributed by atoms with van der Waals surface area (Å²) in [5.74, 6) is 0.419. The topological polar surface area (TPSA) is 89.6 Å². The molecule has 0 atom stereocenters. The van der Waals surface area contributed by atoms with Gasteiger partial charge in [-0.15, -0.1) is 0 Å². The summed E-state index contributed by atoms with van der Waals surface area (Å²) in [6.45, 7) is 1.95. The Morgan fingerprint density at radius 1 is 1.10 bits per heavy atom. The number of aromatic nitrogens is 3. The molecule has 0 aromatic carbocycles. The second-order valence-electron chi connectivity index (χ2n) is 8.75. The fourth-order valence-electron chi connectivity index (χ4n) is 4.78. The van der Waals surface area contributed by atoms with E-state index in [4.69, 9.17) is 4.98 Å². The number of anilines is 1. The molecule has 3 aromatic heterocycles. The molecule has 0 aliphatic heterocycles. The summed E-state index contributed by atoms with van der Waals surface area (Å²) in [4.78, 5) is 34.3. The van der Waals surface area contributed by atoms with Gasteiger partial charge in [0, 0.05) is 18.2 Å². The second-order valence-corrected chi connectivity index (χ2v) is 8.75. The average Bonchev–Trinajstić information content (AvgIpc) is 3.43. The number of rotatable bonds is 4. The first-order valence-electron chi connectivity index (χ1n) is 11.0. The molecule has 3 aromatic rings. The van der Waals surface area contributed by atoms with Gasteiger partial charge in [-0.1, -0.05) is 30.7 Å². The van der Waals surface area contributed by atoms with Gasteiger partial charge in [-0.2, -0.15) is 4.40 Å². The molecule has 7 nitrogen and oxygen atoms in total. The van der Waals surface area contributed by atoms with Gasteiger partial charge in [-0.05, 0) is 50.3 Å². The van der Waals surface area contributed by atoms with Gasteiger partial charge in [-0.25, -0.2) is 9.78 Å². The lowest BCUT2D eigenvalue weighted by Gasteiger charge is -2.16. The molecule has 2 aliphatic carbocycles. The van der Waals surface area contributed by atoms with Gasteiger partial charge in [-0.3, -0.25) is 4.79 Å². The fraction of sp³-hybridized carbons (Fsp3) is 0.478. The minimum absolute atomic E-state index is 0.148. The predicted molar refractivity (Wildman–Crippen MR) is 116 cm³/mol. The molecule has 2 saturated carbocycles. The van der Waals surface area contributed by atoms with Crippen LogP contribution in [0.15, 0.2) is 29.2 Å². The van der Waals surface area contributed by atoms with Crippen LogP contribution in [0.3, 0.4) is 0 Å². The SMILES string of the molecule is Cc1ccc2[nH+]c3nc(NC4CCCC4)c(C(=O)NC4CCCC4)cc3c(=O)n2c1. The maximum Gasteiger partial charge on any atom is 0.325 e. The number of carbonyl (C=O) groups is 1. The number of aromatic amines is 1. The van der Waals surface area contributed by atoms with E-state index < -0.39 is 0 Å². The van der Waals surface area contributed by atoms with Crippen LogP contribution in [0.2, 0.25) is 0 Å². The summed E-state index contributed by atoms with van der Waals surface area (Å²) >= 11 is 0. The number of nitrogens with one attached hydrogen (secondary N) is 3. The van der Waals surface area contributed by atoms with Gasteiger partial charge in [0.15, 0.2) is 0 Å². The second kappa shape index (κ2) is 7.70. The highest BCUT2D eigenvalue weighted by Gasteiger charge is 2.27. The number of aryl methyl sites for hydroxylation is 1. The molecule has 0 unspecified atom stereocenters. The van der Waals surface area contributed by atoms with Crippen molar-refractivity contribution in [1.29, 1.82) is 0 Å². The Morgan fingerprint density at radius 3 is 2.53 bits per heavy atom. The molecule has 30 heavy (non-hydrogen) atoms. The zero-order valence-corrected chi connectivity index (χ0v) is 17.3. The Labute approximate surface area is 174 Å². The third-order valence-corrected chi connectivity index (χ3v) is 6.45. The quantitative estimate of drug-likeness (QED) is 0.652. The number of carbonyl (C=O) groups excluding carboxylic acids is 1. The third-order valence-electron chi connectivity index (χ3n) is 6.45. The normalized spacial score (nSPS) is 17.8. The first-order valence-corrected chi connectivity index (χ1v) is 11.0. The van der Waals surface area contributed by atoms with Crippen molar-refractivity contribution in [1.82, 2.24) is 14.7 Å². The van der Waals surface area contributed by atoms with Crippen LogP contribution in [0.4, 0.5) is 5.82 Å². The number of hydrogen-bond acceptors (Lipinski definition) is 4. The molecule has 7 heteroatoms. The van der Waals surface area contributed by atoms with E-state index in [9.17, 15) is 9.59 Å². The first-order chi connectivity index (χ1) is 14.6. The largest absolute Gasteiger partial charge is 0.353 e. The van der Waals surface area contributed by atoms with Crippen molar-refractivity contribution in [3.05, 3.63) is 45.9 Å². The molecule has 1 amide bonds. The standard InChI is InChI=1S/C23H27N5O2/c1-14-10-11-19-26-21-18(23(30)28(19)13-14)12-17(22(29)25-16-8-4-5-9-16)20(27-21)24-15-6-2-3-7-15/h10-13,15-16H,2-9H2,1H3,(H,24,27)(H,25,29)/p+1. The van der Waals surface area contributed by atoms with Crippen LogP contribution in [-0.2, 0) is 0 Å². The highest BCUT2D eigenvalue weighted by Crippen LogP contribution is 2.25. The number of pyridine rings is 2. The van der Waals surface area contributed by atoms with Crippen molar-refractivity contribution in [2.75, 3.05) is 5.32 Å². The van der Waals surface area contributed by atoms with Crippen molar-refractivity contribution < 1.29 is 9.78 Å². The molecule has 0 spiro atoms. The fourth-order valence-corrected chi connectivity index (χ4v) is 4.78. The van der Waals surface area contributed by atoms with E-state index in [0.717, 1.165) is 44.1 Å². The van der Waals surface area contributed by atoms with Gasteiger partial charge in [0.05, 0.1) is 6.20 Å². The monoisotopic (exact) mass is 406 g/mol. The van der Waals surface area contributed by atoms with Crippen LogP contribution in [-0.4, -0.2) is 27.4 Å². The summed E-state index contributed by atoms with van der Waals surface area (Å²) in [5, 5.41) is 7.06. The van der Waals surface area contributed by atoms with Crippen LogP contribution in [0, 0.1) is 6.92 Å². The molecule has 2 fully saturated rings. The van der Waals surface area contributed by atoms with Gasteiger partial charge < -0.3 is 10.6 Å². The third kappa shape index (κ3) is 3.53. The molecular formula is C23H28N5O2+. The lowest BCUT2D eigenvalue weighted by Crippen LogP contribution is -2.34. The lowest BCUT2D eigenvalue weighted by atomic mass is 10.1. The summed E-state index contributed by atoms with van der Waals surface area (Å²) in [6.07, 6.45) is 10.7. The van der Waals surface area contributed by atoms with E-state index >= 15 is 0 Å². The molecule has 156 valence electrons. The van der Waals surface area contributed by atoms with E-state index in [2.05, 4.69) is 15.6 Å². The van der Waals surface area contributed by atoms with E-state index in [1.54, 1.807) is 16.7 Å². The summed E-state index contributed by atoms with van der Waals surface area (Å²) in [7, 11) is 0. The molecule has 0 bridgehead atoms. The smallest absolute Gasteiger partial charge is 0.325 e. The summed E-state index contributed by atoms with van der Waals surface area (Å²) in [6, 6.07) is 6.06. The Morgan fingerprint density at radius 2 is 1.80 bits per heavy atom. The van der Waals surface area contributed by atoms with Crippen molar-refractivity contribution in [3.63, 3.8) is 0 Å². The zero-order chi connectivity index (χ0) is 20.7. The summed E-state index contributed by atoms with van der Waals surface area (Å²) in [5.41, 5.74) is 2.46. The van der Waals surface area contributed by atoms with E-state index in [0.29, 0.717) is 34.1 Å². The van der Waals surface area contributed by atoms with Gasteiger partial charge in [0.2, 0.25) is 11.5 Å². The van der Waals surface area contributed by atoms with Crippen molar-refractivity contribution >= 4 is 28.4 Å². The van der Waals surface area contributed by atoms with Crippen molar-refractivity contribution in [2.24, 2.45) is 0 Å². The first kappa shape index (κ1) is 19.0. The van der Waals surface area contributed by atoms with E-state index in [1.807, 2.05) is 19.1 Å². The van der Waals surface area contributed by atoms with Crippen LogP contribution in [0.1, 0.15) is 67.3 Å². The number of hydrogen-bond donors (Lipinski definition) is 2. The van der Waals surface area contributed by atoms with Crippen LogP contribution >= 0.6 is 0 Å². The Kier molecular flexibility index (Phi) is 4.89. The maximum absolute atomic E-state index is 13.2. The Balaban J connectivity index is 1.63. The molecule has 3 heterocycles. The van der Waals surface area contributed by atoms with Crippen LogP contribution in [0.5, 0.6) is 0 Å². The van der Waals surface area contributed by atoms with Crippen molar-refractivity contribution in [3.8, 4) is 0 Å². The van der Waals surface area contributed by atoms with Gasteiger partial charge >= 0.3 is 5.56 Å². The number of H-pyrrole nitrogens is 1. The maximum atomic E-state index is 13.2. The molecule has 5 rings (SSSR count). The molecule has 2 aliphatic rings. The number of fused-ring (bicyclic) bond motifs is 2. The highest BCUT2D eigenvalue weighted by atomic mass is 16.2. The zero-order valence-electron chi connectivity index (χ0n) is 17.3. The Hall–Kier alpha value is -2.96. The molecule has 3 N–H and O–H groups in total. The van der Waals surface area contributed by atoms with Crippen LogP contribution < -0.4 is 21.2 Å². The van der Waals surface area contributed by atoms with Crippen molar-refractivity contribution in [2.45, 2.75) is 70.4 Å². The molecule has 0 saturated heterocycles. The predicted octanol–water partition coefficient (Wildman–Crippen LogP) is 3.00. The van der Waals surface area contributed by atoms with Gasteiger partial charge in [0.25, 0.3) is 11.6 Å². The minimum Gasteiger partial charge on any atom is -0.353 e. The minimum atomic E-state index is -0.169. The van der Waals surface area contributed by atoms with E-state index in [-0.39, 0.29) is 17.5 Å². The number of nitrogens with zero attached hydrogens (tertiary/aromatic N) is 2. The average molecular weight is 407 g/mol. The lowest BCUT2D eigenvalue weighted by molar-refractivity contribution is -0.319. The number of amides is 1. The highest BCUT2D eigenvalue weighted by molar-refractivity contribution is 6.01. The van der Waals surface area contributed by atoms with Crippen LogP contribution in [0.25, 0.3) is 16.7 Å².